The number of aromatic nitrogens is 5. The van der Waals surface area contributed by atoms with Crippen LogP contribution in [-0.2, 0) is 7.05 Å². The van der Waals surface area contributed by atoms with Gasteiger partial charge in [-0.1, -0.05) is 18.0 Å². The van der Waals surface area contributed by atoms with E-state index >= 15 is 0 Å². The summed E-state index contributed by atoms with van der Waals surface area (Å²) in [6, 6.07) is 0.196. The highest BCUT2D eigenvalue weighted by atomic mass is 16.5. The summed E-state index contributed by atoms with van der Waals surface area (Å²) in [7, 11) is 1.76. The van der Waals surface area contributed by atoms with Gasteiger partial charge >= 0.3 is 0 Å². The zero-order chi connectivity index (χ0) is 12.4. The monoisotopic (exact) mass is 248 g/mol. The first-order chi connectivity index (χ1) is 8.83. The molecule has 2 aromatic rings. The molecular weight excluding hydrogens is 232 g/mol. The zero-order valence-electron chi connectivity index (χ0n) is 10.3. The van der Waals surface area contributed by atoms with E-state index in [0.717, 1.165) is 18.8 Å². The Morgan fingerprint density at radius 1 is 1.39 bits per heavy atom. The van der Waals surface area contributed by atoms with Crippen LogP contribution < -0.4 is 5.32 Å². The summed E-state index contributed by atoms with van der Waals surface area (Å²) in [5, 5.41) is 15.6. The number of aryl methyl sites for hydroxylation is 1. The first-order valence-corrected chi connectivity index (χ1v) is 6.26. The molecule has 0 saturated carbocycles. The van der Waals surface area contributed by atoms with Crippen LogP contribution in [0.2, 0.25) is 0 Å². The van der Waals surface area contributed by atoms with Crippen molar-refractivity contribution in [2.45, 2.75) is 31.7 Å². The van der Waals surface area contributed by atoms with Gasteiger partial charge in [0.05, 0.1) is 12.2 Å². The van der Waals surface area contributed by atoms with Crippen molar-refractivity contribution in [3.8, 4) is 11.6 Å². The highest BCUT2D eigenvalue weighted by Gasteiger charge is 2.20. The van der Waals surface area contributed by atoms with E-state index in [9.17, 15) is 0 Å². The van der Waals surface area contributed by atoms with E-state index in [-0.39, 0.29) is 6.04 Å². The maximum atomic E-state index is 5.24. The first kappa shape index (κ1) is 11.3. The Morgan fingerprint density at radius 2 is 2.33 bits per heavy atom. The van der Waals surface area contributed by atoms with Crippen LogP contribution in [0.5, 0.6) is 0 Å². The van der Waals surface area contributed by atoms with Crippen molar-refractivity contribution in [3.05, 3.63) is 12.0 Å². The number of rotatable bonds is 2. The van der Waals surface area contributed by atoms with Gasteiger partial charge in [0.25, 0.3) is 5.89 Å². The largest absolute Gasteiger partial charge is 0.332 e. The molecule has 0 aliphatic carbocycles. The van der Waals surface area contributed by atoms with Crippen molar-refractivity contribution in [3.63, 3.8) is 0 Å². The van der Waals surface area contributed by atoms with Crippen LogP contribution in [0.15, 0.2) is 10.7 Å². The van der Waals surface area contributed by atoms with Crippen LogP contribution in [0.3, 0.4) is 0 Å². The van der Waals surface area contributed by atoms with E-state index in [2.05, 4.69) is 25.7 Å². The third-order valence-electron chi connectivity index (χ3n) is 3.13. The summed E-state index contributed by atoms with van der Waals surface area (Å²) in [4.78, 5) is 5.88. The van der Waals surface area contributed by atoms with Crippen LogP contribution in [0, 0.1) is 0 Å². The Labute approximate surface area is 105 Å². The molecule has 18 heavy (non-hydrogen) atoms. The number of nitrogens with one attached hydrogen (secondary N) is 1. The van der Waals surface area contributed by atoms with E-state index in [4.69, 9.17) is 4.52 Å². The van der Waals surface area contributed by atoms with Crippen molar-refractivity contribution in [2.75, 3.05) is 6.54 Å². The minimum Gasteiger partial charge on any atom is -0.332 e. The minimum atomic E-state index is 0.196. The van der Waals surface area contributed by atoms with Crippen LogP contribution in [0.1, 0.15) is 37.5 Å². The number of hydrogen-bond acceptors (Lipinski definition) is 6. The van der Waals surface area contributed by atoms with Crippen LogP contribution in [-0.4, -0.2) is 31.7 Å². The summed E-state index contributed by atoms with van der Waals surface area (Å²) >= 11 is 0. The summed E-state index contributed by atoms with van der Waals surface area (Å²) in [5.74, 6) is 1.15. The van der Waals surface area contributed by atoms with Crippen LogP contribution >= 0.6 is 0 Å². The number of hydrogen-bond donors (Lipinski definition) is 1. The molecule has 7 nitrogen and oxygen atoms in total. The molecule has 1 fully saturated rings. The molecule has 1 aliphatic heterocycles. The average Bonchev–Trinajstić information content (AvgIpc) is 2.92. The second-order valence-electron chi connectivity index (χ2n) is 4.53. The molecule has 1 unspecified atom stereocenters. The molecule has 1 N–H and O–H groups in total. The van der Waals surface area contributed by atoms with Gasteiger partial charge in [0.2, 0.25) is 0 Å². The van der Waals surface area contributed by atoms with Crippen LogP contribution in [0.25, 0.3) is 11.6 Å². The van der Waals surface area contributed by atoms with Gasteiger partial charge in [-0.2, -0.15) is 14.9 Å². The van der Waals surface area contributed by atoms with Crippen molar-refractivity contribution < 1.29 is 4.52 Å². The van der Waals surface area contributed by atoms with Crippen LogP contribution in [0.4, 0.5) is 0 Å². The summed E-state index contributed by atoms with van der Waals surface area (Å²) in [6.07, 6.45) is 6.35. The van der Waals surface area contributed by atoms with Gasteiger partial charge in [-0.3, -0.25) is 0 Å². The maximum Gasteiger partial charge on any atom is 0.280 e. The Bertz CT molecular complexity index is 511. The lowest BCUT2D eigenvalue weighted by molar-refractivity contribution is 0.401. The highest BCUT2D eigenvalue weighted by Crippen LogP contribution is 2.22. The summed E-state index contributed by atoms with van der Waals surface area (Å²) in [6.45, 7) is 1.01. The Balaban J connectivity index is 1.80. The molecule has 96 valence electrons. The zero-order valence-corrected chi connectivity index (χ0v) is 10.3. The smallest absolute Gasteiger partial charge is 0.280 e. The van der Waals surface area contributed by atoms with Crippen molar-refractivity contribution >= 4 is 0 Å². The van der Waals surface area contributed by atoms with E-state index < -0.39 is 0 Å². The van der Waals surface area contributed by atoms with Gasteiger partial charge in [0, 0.05) is 7.05 Å². The third-order valence-corrected chi connectivity index (χ3v) is 3.13. The predicted molar refractivity (Wildman–Crippen MR) is 63.5 cm³/mol. The summed E-state index contributed by atoms with van der Waals surface area (Å²) < 4.78 is 5.24. The summed E-state index contributed by atoms with van der Waals surface area (Å²) in [5.41, 5.74) is 0.616. The molecule has 3 rings (SSSR count). The first-order valence-electron chi connectivity index (χ1n) is 6.26. The number of nitrogens with zero attached hydrogens (tertiary/aromatic N) is 5. The molecule has 1 atom stereocenters. The lowest BCUT2D eigenvalue weighted by atomic mass is 10.1. The topological polar surface area (TPSA) is 81.7 Å². The molecule has 0 bridgehead atoms. The quantitative estimate of drug-likeness (QED) is 0.856. The van der Waals surface area contributed by atoms with E-state index in [0.29, 0.717) is 11.6 Å². The lowest BCUT2D eigenvalue weighted by Gasteiger charge is -2.09. The molecule has 3 heterocycles. The predicted octanol–water partition coefficient (Wildman–Crippen LogP) is 1.07. The van der Waals surface area contributed by atoms with Gasteiger partial charge < -0.3 is 9.84 Å². The second-order valence-corrected chi connectivity index (χ2v) is 4.53. The van der Waals surface area contributed by atoms with Crippen molar-refractivity contribution in [1.29, 1.82) is 0 Å². The second kappa shape index (κ2) is 4.85. The molecular formula is C11H16N6O. The fourth-order valence-electron chi connectivity index (χ4n) is 2.17. The van der Waals surface area contributed by atoms with Crippen molar-refractivity contribution in [1.82, 2.24) is 30.5 Å². The molecule has 0 aromatic carbocycles. The van der Waals surface area contributed by atoms with Gasteiger partial charge in [-0.25, -0.2) is 0 Å². The Hall–Kier alpha value is -1.76. The third kappa shape index (κ3) is 2.26. The highest BCUT2D eigenvalue weighted by molar-refractivity contribution is 5.43. The van der Waals surface area contributed by atoms with Gasteiger partial charge in [0.15, 0.2) is 11.5 Å². The molecule has 1 saturated heterocycles. The lowest BCUT2D eigenvalue weighted by Crippen LogP contribution is -2.21. The van der Waals surface area contributed by atoms with Gasteiger partial charge in [-0.05, 0) is 19.4 Å². The fourth-order valence-corrected chi connectivity index (χ4v) is 2.17. The SMILES string of the molecule is Cn1ncc(-c2nc(C3CCCCCN3)no2)n1. The molecule has 0 spiro atoms. The molecule has 0 radical (unpaired) electrons. The van der Waals surface area contributed by atoms with E-state index in [1.165, 1.54) is 24.1 Å². The Morgan fingerprint density at radius 3 is 3.17 bits per heavy atom. The normalized spacial score (nSPS) is 20.8. The van der Waals surface area contributed by atoms with E-state index in [1.807, 2.05) is 0 Å². The van der Waals surface area contributed by atoms with Gasteiger partial charge in [0.1, 0.15) is 0 Å². The minimum absolute atomic E-state index is 0.196. The Kier molecular flexibility index (Phi) is 3.06. The van der Waals surface area contributed by atoms with Gasteiger partial charge in [-0.15, -0.1) is 5.10 Å². The fraction of sp³-hybridized carbons (Fsp3) is 0.636. The molecule has 0 amide bonds. The average molecular weight is 248 g/mol. The molecule has 1 aliphatic rings. The molecule has 2 aromatic heterocycles. The maximum absolute atomic E-state index is 5.24. The standard InChI is InChI=1S/C11H16N6O/c1-17-13-7-9(15-17)11-14-10(16-18-11)8-5-3-2-4-6-12-8/h7-8,12H,2-6H2,1H3. The van der Waals surface area contributed by atoms with Crippen molar-refractivity contribution in [2.24, 2.45) is 7.05 Å². The molecule has 7 heteroatoms. The van der Waals surface area contributed by atoms with E-state index in [1.54, 1.807) is 13.2 Å².